The maximum absolute atomic E-state index is 12.3. The summed E-state index contributed by atoms with van der Waals surface area (Å²) in [5.74, 6) is -2.61. The third kappa shape index (κ3) is 3.43. The van der Waals surface area contributed by atoms with Gasteiger partial charge in [0.2, 0.25) is 5.95 Å². The fourth-order valence-corrected chi connectivity index (χ4v) is 2.30. The van der Waals surface area contributed by atoms with E-state index in [1.165, 1.54) is 31.2 Å². The van der Waals surface area contributed by atoms with Gasteiger partial charge >= 0.3 is 5.69 Å². The van der Waals surface area contributed by atoms with Crippen molar-refractivity contribution in [1.82, 2.24) is 9.97 Å². The van der Waals surface area contributed by atoms with Crippen molar-refractivity contribution in [2.45, 2.75) is 17.6 Å². The van der Waals surface area contributed by atoms with Crippen molar-refractivity contribution in [3.63, 3.8) is 0 Å². The van der Waals surface area contributed by atoms with Gasteiger partial charge in [-0.1, -0.05) is 23.9 Å². The Bertz CT molecular complexity index is 680. The van der Waals surface area contributed by atoms with E-state index in [2.05, 4.69) is 9.97 Å². The van der Waals surface area contributed by atoms with Crippen molar-refractivity contribution in [2.24, 2.45) is 0 Å². The molecule has 0 saturated heterocycles. The van der Waals surface area contributed by atoms with Crippen LogP contribution in [0.1, 0.15) is 5.69 Å². The topological polar surface area (TPSA) is 94.9 Å². The fourth-order valence-electron chi connectivity index (χ4n) is 1.80. The second kappa shape index (κ2) is 6.00. The smallest absolute Gasteiger partial charge is 0.316 e. The van der Waals surface area contributed by atoms with Crippen LogP contribution in [0.3, 0.4) is 0 Å². The molecule has 2 aromatic rings. The Kier molecular flexibility index (Phi) is 4.32. The highest BCUT2D eigenvalue weighted by Gasteiger charge is 2.22. The third-order valence-corrected chi connectivity index (χ3v) is 3.33. The Morgan fingerprint density at radius 1 is 1.29 bits per heavy atom. The standard InChI is InChI=1S/C12H10F2N4O2S/c1-6-10(18(19)20)9(17-12(15)16-6)7-2-4-8(5-3-7)21-11(13)14/h2-5,11H,1H3,(H2,15,16,17). The summed E-state index contributed by atoms with van der Waals surface area (Å²) in [6.07, 6.45) is 0. The van der Waals surface area contributed by atoms with E-state index < -0.39 is 10.7 Å². The summed E-state index contributed by atoms with van der Waals surface area (Å²) in [4.78, 5) is 18.5. The minimum Gasteiger partial charge on any atom is -0.368 e. The lowest BCUT2D eigenvalue weighted by atomic mass is 10.1. The predicted octanol–water partition coefficient (Wildman–Crippen LogP) is 3.26. The highest BCUT2D eigenvalue weighted by atomic mass is 32.2. The number of nitrogen functional groups attached to an aromatic ring is 1. The molecule has 0 amide bonds. The van der Waals surface area contributed by atoms with Gasteiger partial charge in [-0.05, 0) is 19.1 Å². The lowest BCUT2D eigenvalue weighted by Gasteiger charge is -2.06. The Labute approximate surface area is 122 Å². The quantitative estimate of drug-likeness (QED) is 0.529. The summed E-state index contributed by atoms with van der Waals surface area (Å²) in [6, 6.07) is 5.87. The summed E-state index contributed by atoms with van der Waals surface area (Å²) in [7, 11) is 0. The number of thioether (sulfide) groups is 1. The average molecular weight is 312 g/mol. The lowest BCUT2D eigenvalue weighted by Crippen LogP contribution is -2.04. The maximum atomic E-state index is 12.3. The van der Waals surface area contributed by atoms with Gasteiger partial charge in [0.15, 0.2) is 5.69 Å². The lowest BCUT2D eigenvalue weighted by molar-refractivity contribution is -0.385. The molecular formula is C12H10F2N4O2S. The van der Waals surface area contributed by atoms with Crippen molar-refractivity contribution in [2.75, 3.05) is 5.73 Å². The molecular weight excluding hydrogens is 302 g/mol. The van der Waals surface area contributed by atoms with E-state index >= 15 is 0 Å². The summed E-state index contributed by atoms with van der Waals surface area (Å²) < 4.78 is 24.5. The molecule has 0 aliphatic heterocycles. The molecule has 0 aliphatic rings. The Balaban J connectivity index is 2.48. The first kappa shape index (κ1) is 15.1. The molecule has 2 N–H and O–H groups in total. The van der Waals surface area contributed by atoms with Crippen molar-refractivity contribution in [3.05, 3.63) is 40.1 Å². The first-order valence-corrected chi connectivity index (χ1v) is 6.60. The number of hydrogen-bond acceptors (Lipinski definition) is 6. The minimum absolute atomic E-state index is 0.0681. The highest BCUT2D eigenvalue weighted by molar-refractivity contribution is 7.99. The molecule has 21 heavy (non-hydrogen) atoms. The van der Waals surface area contributed by atoms with Gasteiger partial charge < -0.3 is 5.73 Å². The molecule has 0 bridgehead atoms. The van der Waals surface area contributed by atoms with Crippen LogP contribution >= 0.6 is 11.8 Å². The van der Waals surface area contributed by atoms with Crippen LogP contribution in [-0.4, -0.2) is 20.6 Å². The van der Waals surface area contributed by atoms with Gasteiger partial charge in [-0.15, -0.1) is 0 Å². The van der Waals surface area contributed by atoms with Crippen LogP contribution in [0.2, 0.25) is 0 Å². The van der Waals surface area contributed by atoms with Gasteiger partial charge in [0, 0.05) is 10.5 Å². The molecule has 0 spiro atoms. The van der Waals surface area contributed by atoms with Crippen LogP contribution in [0.5, 0.6) is 0 Å². The van der Waals surface area contributed by atoms with E-state index in [-0.39, 0.29) is 23.0 Å². The molecule has 0 aliphatic carbocycles. The van der Waals surface area contributed by atoms with Crippen molar-refractivity contribution < 1.29 is 13.7 Å². The van der Waals surface area contributed by atoms with Crippen molar-refractivity contribution in [3.8, 4) is 11.3 Å². The number of rotatable bonds is 4. The van der Waals surface area contributed by atoms with E-state index in [1.54, 1.807) is 0 Å². The molecule has 0 atom stereocenters. The van der Waals surface area contributed by atoms with Crippen LogP contribution in [-0.2, 0) is 0 Å². The highest BCUT2D eigenvalue weighted by Crippen LogP contribution is 2.32. The number of nitro groups is 1. The van der Waals surface area contributed by atoms with Crippen LogP contribution in [0, 0.1) is 17.0 Å². The largest absolute Gasteiger partial charge is 0.368 e. The van der Waals surface area contributed by atoms with Gasteiger partial charge in [0.05, 0.1) is 4.92 Å². The summed E-state index contributed by atoms with van der Waals surface area (Å²) in [5, 5.41) is 11.1. The number of hydrogen-bond donors (Lipinski definition) is 1. The first-order chi connectivity index (χ1) is 9.88. The fraction of sp³-hybridized carbons (Fsp3) is 0.167. The number of halogens is 2. The van der Waals surface area contributed by atoms with E-state index in [0.717, 1.165) is 0 Å². The van der Waals surface area contributed by atoms with Crippen LogP contribution in [0.25, 0.3) is 11.3 Å². The van der Waals surface area contributed by atoms with Crippen LogP contribution in [0.4, 0.5) is 20.4 Å². The van der Waals surface area contributed by atoms with E-state index in [1.807, 2.05) is 0 Å². The molecule has 1 heterocycles. The number of nitrogens with zero attached hydrogens (tertiary/aromatic N) is 3. The van der Waals surface area contributed by atoms with Gasteiger partial charge in [0.1, 0.15) is 5.69 Å². The number of aromatic nitrogens is 2. The monoisotopic (exact) mass is 312 g/mol. The Hall–Kier alpha value is -2.29. The number of benzene rings is 1. The number of anilines is 1. The molecule has 6 nitrogen and oxygen atoms in total. The molecule has 1 aromatic carbocycles. The maximum Gasteiger partial charge on any atom is 0.316 e. The molecule has 0 saturated carbocycles. The molecule has 1 aromatic heterocycles. The zero-order valence-corrected chi connectivity index (χ0v) is 11.6. The average Bonchev–Trinajstić information content (AvgIpc) is 2.37. The minimum atomic E-state index is -2.53. The molecule has 0 unspecified atom stereocenters. The second-order valence-electron chi connectivity index (χ2n) is 4.02. The van der Waals surface area contributed by atoms with Crippen molar-refractivity contribution in [1.29, 1.82) is 0 Å². The molecule has 110 valence electrons. The van der Waals surface area contributed by atoms with Crippen LogP contribution in [0.15, 0.2) is 29.2 Å². The number of nitrogens with two attached hydrogens (primary N) is 1. The van der Waals surface area contributed by atoms with Gasteiger partial charge in [-0.2, -0.15) is 8.78 Å². The first-order valence-electron chi connectivity index (χ1n) is 5.72. The van der Waals surface area contributed by atoms with Gasteiger partial charge in [-0.25, -0.2) is 9.97 Å². The Morgan fingerprint density at radius 3 is 2.43 bits per heavy atom. The third-order valence-electron chi connectivity index (χ3n) is 2.61. The zero-order chi connectivity index (χ0) is 15.6. The van der Waals surface area contributed by atoms with Crippen LogP contribution < -0.4 is 5.73 Å². The number of alkyl halides is 2. The molecule has 2 rings (SSSR count). The van der Waals surface area contributed by atoms with E-state index in [0.29, 0.717) is 22.2 Å². The Morgan fingerprint density at radius 2 is 1.90 bits per heavy atom. The second-order valence-corrected chi connectivity index (χ2v) is 5.09. The summed E-state index contributed by atoms with van der Waals surface area (Å²) in [6.45, 7) is 1.46. The summed E-state index contributed by atoms with van der Waals surface area (Å²) in [5.41, 5.74) is 5.89. The SMILES string of the molecule is Cc1nc(N)nc(-c2ccc(SC(F)F)cc2)c1[N+](=O)[O-]. The van der Waals surface area contributed by atoms with E-state index in [4.69, 9.17) is 5.73 Å². The summed E-state index contributed by atoms with van der Waals surface area (Å²) >= 11 is 0.394. The molecule has 0 fully saturated rings. The van der Waals surface area contributed by atoms with E-state index in [9.17, 15) is 18.9 Å². The normalized spacial score (nSPS) is 10.9. The van der Waals surface area contributed by atoms with Gasteiger partial charge in [-0.3, -0.25) is 10.1 Å². The van der Waals surface area contributed by atoms with Crippen molar-refractivity contribution >= 4 is 23.4 Å². The predicted molar refractivity (Wildman–Crippen MR) is 75.1 cm³/mol. The molecule has 9 heteroatoms. The zero-order valence-electron chi connectivity index (χ0n) is 10.8. The van der Waals surface area contributed by atoms with Gasteiger partial charge in [0.25, 0.3) is 5.76 Å². The molecule has 0 radical (unpaired) electrons. The number of aryl methyl sites for hydroxylation is 1.